The molecule has 7 heterocycles. The van der Waals surface area contributed by atoms with E-state index in [1.165, 1.54) is 38.7 Å². The van der Waals surface area contributed by atoms with Crippen molar-refractivity contribution in [2.75, 3.05) is 24.5 Å². The van der Waals surface area contributed by atoms with Crippen molar-refractivity contribution in [1.82, 2.24) is 4.57 Å². The Hall–Kier alpha value is -12.5. The highest BCUT2D eigenvalue weighted by Crippen LogP contribution is 2.52. The maximum Gasteiger partial charge on any atom is 0.256 e. The zero-order valence-corrected chi connectivity index (χ0v) is 51.8. The first kappa shape index (κ1) is 53.1. The second-order valence-corrected chi connectivity index (χ2v) is 25.8. The number of hydrogen-bond acceptors (Lipinski definition) is 7. The van der Waals surface area contributed by atoms with Crippen molar-refractivity contribution in [3.8, 4) is 17.2 Å². The van der Waals surface area contributed by atoms with Crippen LogP contribution in [-0.4, -0.2) is 24.7 Å². The number of ether oxygens (including phenoxy) is 1. The van der Waals surface area contributed by atoms with Crippen LogP contribution in [0.3, 0.4) is 0 Å². The molecule has 0 aliphatic carbocycles. The molecule has 21 rings (SSSR count). The Kier molecular flexibility index (Phi) is 11.2. The van der Waals surface area contributed by atoms with Crippen molar-refractivity contribution < 1.29 is 4.74 Å². The number of rotatable bonds is 7. The third-order valence-corrected chi connectivity index (χ3v) is 20.9. The minimum Gasteiger partial charge on any atom is -0.458 e. The van der Waals surface area contributed by atoms with Crippen molar-refractivity contribution in [3.63, 3.8) is 0 Å². The summed E-state index contributed by atoms with van der Waals surface area (Å²) in [7, 11) is 0. The van der Waals surface area contributed by atoms with Gasteiger partial charge in [0.15, 0.2) is 5.43 Å². The Morgan fingerprint density at radius 3 is 1.14 bits per heavy atom. The molecule has 0 unspecified atom stereocenters. The number of pyridine rings is 1. The molecule has 6 aliphatic rings. The summed E-state index contributed by atoms with van der Waals surface area (Å²) in [5.74, 6) is 1.45. The van der Waals surface area contributed by atoms with Crippen molar-refractivity contribution in [1.29, 1.82) is 0 Å². The first-order valence-electron chi connectivity index (χ1n) is 33.1. The van der Waals surface area contributed by atoms with Crippen molar-refractivity contribution in [3.05, 3.63) is 332 Å². The molecule has 6 aliphatic heterocycles. The Morgan fingerprint density at radius 1 is 0.271 bits per heavy atom. The average molecular weight is 1220 g/mol. The van der Waals surface area contributed by atoms with Gasteiger partial charge < -0.3 is 33.8 Å². The quantitative estimate of drug-likeness (QED) is 0.116. The molecule has 15 aromatic rings. The first-order valence-corrected chi connectivity index (χ1v) is 33.1. The van der Waals surface area contributed by atoms with Crippen LogP contribution >= 0.6 is 0 Å². The first-order chi connectivity index (χ1) is 47.6. The summed E-state index contributed by atoms with van der Waals surface area (Å²) in [6.07, 6.45) is 0. The zero-order chi connectivity index (χ0) is 62.9. The summed E-state index contributed by atoms with van der Waals surface area (Å²) in [6.45, 7) is -0.611. The van der Waals surface area contributed by atoms with E-state index in [2.05, 4.69) is 351 Å². The monoisotopic (exact) mass is 1220 g/mol. The van der Waals surface area contributed by atoms with Crippen LogP contribution in [0.4, 0.5) is 85.3 Å². The molecular formula is C85H53B3N6O2. The molecule has 0 N–H and O–H groups in total. The summed E-state index contributed by atoms with van der Waals surface area (Å²) < 4.78 is 9.90. The van der Waals surface area contributed by atoms with Crippen molar-refractivity contribution in [2.45, 2.75) is 0 Å². The van der Waals surface area contributed by atoms with E-state index in [1.54, 1.807) is 0 Å². The third kappa shape index (κ3) is 7.39. The number of aromatic nitrogens is 1. The highest BCUT2D eigenvalue weighted by atomic mass is 16.5. The van der Waals surface area contributed by atoms with E-state index in [9.17, 15) is 0 Å². The SMILES string of the molecule is O=c1c2cc3c(cc2n(-c2ccccc2)c2cc4c(cc12)B1c2ccccc2N2c5ccccc5B5c6ccccc6N(c6ccccc6)c6cc(c1c2c65)N4c1ccccc1)Oc1cc(N(c2ccccc2)c2ccccc2)cc2c1B3c1ccccc1N2c1ccccc1. The van der Waals surface area contributed by atoms with Gasteiger partial charge in [0.25, 0.3) is 20.1 Å². The number of anilines is 15. The number of fused-ring (bicyclic) bond motifs is 16. The predicted molar refractivity (Wildman–Crippen MR) is 401 cm³/mol. The van der Waals surface area contributed by atoms with E-state index in [4.69, 9.17) is 4.74 Å². The minimum absolute atomic E-state index is 0.0332. The summed E-state index contributed by atoms with van der Waals surface area (Å²) in [5, 5.41) is 1.26. The molecule has 444 valence electrons. The average Bonchev–Trinajstić information content (AvgIpc) is 0.672. The molecule has 14 aromatic carbocycles. The molecule has 0 saturated heterocycles. The molecule has 0 radical (unpaired) electrons. The van der Waals surface area contributed by atoms with Crippen LogP contribution in [0, 0.1) is 0 Å². The number of benzene rings is 14. The van der Waals surface area contributed by atoms with Gasteiger partial charge in [-0.25, -0.2) is 0 Å². The Bertz CT molecular complexity index is 5790. The molecule has 0 spiro atoms. The Balaban J connectivity index is 0.849. The summed E-state index contributed by atoms with van der Waals surface area (Å²) in [6, 6.07) is 116. The number of hydrogen-bond donors (Lipinski definition) is 0. The lowest BCUT2D eigenvalue weighted by Crippen LogP contribution is -2.68. The van der Waals surface area contributed by atoms with Crippen LogP contribution in [0.5, 0.6) is 11.5 Å². The highest BCUT2D eigenvalue weighted by molar-refractivity contribution is 7.05. The zero-order valence-electron chi connectivity index (χ0n) is 51.8. The van der Waals surface area contributed by atoms with E-state index in [0.29, 0.717) is 16.5 Å². The van der Waals surface area contributed by atoms with Gasteiger partial charge in [-0.15, -0.1) is 0 Å². The molecule has 0 atom stereocenters. The molecule has 96 heavy (non-hydrogen) atoms. The molecule has 1 aromatic heterocycles. The largest absolute Gasteiger partial charge is 0.458 e. The van der Waals surface area contributed by atoms with Crippen LogP contribution < -0.4 is 83.8 Å². The second kappa shape index (κ2) is 20.3. The van der Waals surface area contributed by atoms with Gasteiger partial charge in [0.2, 0.25) is 0 Å². The summed E-state index contributed by atoms with van der Waals surface area (Å²) in [5.41, 5.74) is 29.0. The maximum absolute atomic E-state index is 16.8. The fourth-order valence-corrected chi connectivity index (χ4v) is 17.1. The normalized spacial score (nSPS) is 13.6. The topological polar surface area (TPSA) is 47.4 Å². The molecule has 0 bridgehead atoms. The Morgan fingerprint density at radius 2 is 0.646 bits per heavy atom. The lowest BCUT2D eigenvalue weighted by molar-refractivity contribution is 0.488. The lowest BCUT2D eigenvalue weighted by atomic mass is 9.28. The smallest absolute Gasteiger partial charge is 0.256 e. The van der Waals surface area contributed by atoms with Gasteiger partial charge in [0.05, 0.1) is 16.7 Å². The van der Waals surface area contributed by atoms with E-state index in [1.807, 2.05) is 0 Å². The van der Waals surface area contributed by atoms with Crippen LogP contribution in [0.2, 0.25) is 0 Å². The predicted octanol–water partition coefficient (Wildman–Crippen LogP) is 14.7. The van der Waals surface area contributed by atoms with E-state index < -0.39 is 0 Å². The maximum atomic E-state index is 16.8. The fourth-order valence-electron chi connectivity index (χ4n) is 17.1. The molecule has 0 amide bonds. The van der Waals surface area contributed by atoms with Gasteiger partial charge in [-0.1, -0.05) is 188 Å². The van der Waals surface area contributed by atoms with Gasteiger partial charge in [0.1, 0.15) is 11.5 Å². The molecule has 8 nitrogen and oxygen atoms in total. The van der Waals surface area contributed by atoms with Gasteiger partial charge in [-0.3, -0.25) is 4.79 Å². The second-order valence-electron chi connectivity index (χ2n) is 25.8. The molecular weight excluding hydrogens is 1170 g/mol. The fraction of sp³-hybridized carbons (Fsp3) is 0. The number of para-hydroxylation sites is 10. The standard InChI is InChI=1S/C85H53B3N6O2/c95-85-61-49-67-75(93(59-37-17-6-18-38-59)78-52-77-82-84-83(78)87(67)66-42-22-26-46-72(66)94(84)71-45-25-21-41-65(71)86(82)63-39-19-23-43-69(63)91(77)57-33-13-4-14-34-57)51-73(61)92(58-35-15-5-16-36-58)74-53-79-68(50-62(74)85)88-64-40-20-24-44-70(64)90(56-31-11-3-12-32-56)76-47-60(48-80(96-79)81(76)88)89(54-27-7-1-8-28-54)55-29-9-2-10-30-55/h1-53H. The van der Waals surface area contributed by atoms with Crippen molar-refractivity contribution >= 4 is 176 Å². The Labute approximate surface area is 555 Å². The van der Waals surface area contributed by atoms with Crippen LogP contribution in [-0.2, 0) is 0 Å². The van der Waals surface area contributed by atoms with Crippen LogP contribution in [0.25, 0.3) is 27.5 Å². The lowest BCUT2D eigenvalue weighted by Gasteiger charge is -2.51. The molecule has 0 fully saturated rings. The van der Waals surface area contributed by atoms with Gasteiger partial charge in [-0.05, 0) is 170 Å². The van der Waals surface area contributed by atoms with Crippen LogP contribution in [0.1, 0.15) is 0 Å². The molecule has 0 saturated carbocycles. The summed E-state index contributed by atoms with van der Waals surface area (Å²) >= 11 is 0. The van der Waals surface area contributed by atoms with Gasteiger partial charge in [0, 0.05) is 108 Å². The van der Waals surface area contributed by atoms with Crippen LogP contribution in [0.15, 0.2) is 326 Å². The minimum atomic E-state index is -0.293. The highest BCUT2D eigenvalue weighted by Gasteiger charge is 2.52. The van der Waals surface area contributed by atoms with Crippen molar-refractivity contribution in [2.24, 2.45) is 0 Å². The van der Waals surface area contributed by atoms with Gasteiger partial charge >= 0.3 is 0 Å². The molecule has 11 heteroatoms. The van der Waals surface area contributed by atoms with Gasteiger partial charge in [-0.2, -0.15) is 0 Å². The summed E-state index contributed by atoms with van der Waals surface area (Å²) in [4.78, 5) is 29.0. The number of nitrogens with zero attached hydrogens (tertiary/aromatic N) is 6. The van der Waals surface area contributed by atoms with E-state index in [-0.39, 0.29) is 25.6 Å². The van der Waals surface area contributed by atoms with E-state index in [0.717, 1.165) is 118 Å². The van der Waals surface area contributed by atoms with E-state index >= 15 is 4.79 Å². The third-order valence-electron chi connectivity index (χ3n) is 20.9.